The Morgan fingerprint density at radius 3 is 3.00 bits per heavy atom. The van der Waals surface area contributed by atoms with Crippen molar-refractivity contribution in [2.45, 2.75) is 11.7 Å². The standard InChI is InChI=1S/C12H9NO5S/c14-10(15)4-9-11(16)13-12(19-9)6-1-2-7-8(3-6)18-5-17-7/h1-3,9H,4-5H2,(H,14,15)/t9-/m1/s1. The molecule has 0 fully saturated rings. The number of amides is 1. The van der Waals surface area contributed by atoms with Gasteiger partial charge in [0.15, 0.2) is 11.5 Å². The molecular formula is C12H9NO5S. The van der Waals surface area contributed by atoms with Gasteiger partial charge in [0.2, 0.25) is 6.79 Å². The summed E-state index contributed by atoms with van der Waals surface area (Å²) in [6.07, 6.45) is -0.221. The van der Waals surface area contributed by atoms with Crippen LogP contribution in [-0.2, 0) is 9.59 Å². The lowest BCUT2D eigenvalue weighted by atomic mass is 10.2. The van der Waals surface area contributed by atoms with Crippen molar-refractivity contribution in [1.29, 1.82) is 0 Å². The van der Waals surface area contributed by atoms with E-state index in [-0.39, 0.29) is 13.2 Å². The number of aliphatic imine (C=N–C) groups is 1. The SMILES string of the molecule is O=C(O)C[C@H]1SC(c2ccc3c(c2)OCO3)=NC1=O. The molecule has 0 spiro atoms. The third-order valence-corrected chi connectivity index (χ3v) is 3.92. The molecule has 7 heteroatoms. The molecule has 6 nitrogen and oxygen atoms in total. The molecule has 1 N–H and O–H groups in total. The van der Waals surface area contributed by atoms with E-state index in [9.17, 15) is 9.59 Å². The zero-order valence-corrected chi connectivity index (χ0v) is 10.5. The van der Waals surface area contributed by atoms with Crippen LogP contribution in [0.15, 0.2) is 23.2 Å². The van der Waals surface area contributed by atoms with Crippen LogP contribution in [0.25, 0.3) is 0 Å². The molecule has 0 bridgehead atoms. The normalized spacial score (nSPS) is 20.5. The summed E-state index contributed by atoms with van der Waals surface area (Å²) in [7, 11) is 0. The number of thioether (sulfide) groups is 1. The summed E-state index contributed by atoms with van der Waals surface area (Å²) < 4.78 is 10.4. The van der Waals surface area contributed by atoms with Gasteiger partial charge in [-0.1, -0.05) is 11.8 Å². The van der Waals surface area contributed by atoms with Gasteiger partial charge in [0.05, 0.1) is 6.42 Å². The third kappa shape index (κ3) is 2.28. The van der Waals surface area contributed by atoms with Crippen LogP contribution in [0.1, 0.15) is 12.0 Å². The van der Waals surface area contributed by atoms with Crippen molar-refractivity contribution in [2.75, 3.05) is 6.79 Å². The van der Waals surface area contributed by atoms with E-state index in [1.54, 1.807) is 18.2 Å². The van der Waals surface area contributed by atoms with E-state index < -0.39 is 17.1 Å². The fourth-order valence-corrected chi connectivity index (χ4v) is 2.89. The van der Waals surface area contributed by atoms with E-state index in [2.05, 4.69) is 4.99 Å². The number of carbonyl (C=O) groups is 2. The molecule has 0 aliphatic carbocycles. The number of carboxylic acids is 1. The molecule has 3 rings (SSSR count). The molecule has 1 aromatic rings. The number of carbonyl (C=O) groups excluding carboxylic acids is 1. The van der Waals surface area contributed by atoms with E-state index >= 15 is 0 Å². The highest BCUT2D eigenvalue weighted by atomic mass is 32.2. The highest BCUT2D eigenvalue weighted by Crippen LogP contribution is 2.36. The van der Waals surface area contributed by atoms with Gasteiger partial charge in [-0.25, -0.2) is 4.99 Å². The first-order chi connectivity index (χ1) is 9.13. The Morgan fingerprint density at radius 1 is 1.42 bits per heavy atom. The van der Waals surface area contributed by atoms with Gasteiger partial charge in [0.1, 0.15) is 10.3 Å². The van der Waals surface area contributed by atoms with Gasteiger partial charge in [-0.05, 0) is 18.2 Å². The quantitative estimate of drug-likeness (QED) is 0.897. The van der Waals surface area contributed by atoms with Gasteiger partial charge < -0.3 is 14.6 Å². The van der Waals surface area contributed by atoms with Crippen LogP contribution in [0.3, 0.4) is 0 Å². The second-order valence-electron chi connectivity index (χ2n) is 4.03. The molecular weight excluding hydrogens is 270 g/mol. The lowest BCUT2D eigenvalue weighted by Crippen LogP contribution is -2.15. The topological polar surface area (TPSA) is 85.2 Å². The maximum absolute atomic E-state index is 11.6. The minimum atomic E-state index is -1.01. The number of carboxylic acid groups (broad SMARTS) is 1. The minimum absolute atomic E-state index is 0.180. The Hall–Kier alpha value is -2.02. The van der Waals surface area contributed by atoms with Gasteiger partial charge in [0, 0.05) is 5.56 Å². The highest BCUT2D eigenvalue weighted by molar-refractivity contribution is 8.16. The molecule has 2 aliphatic rings. The number of aliphatic carboxylic acids is 1. The average molecular weight is 279 g/mol. The highest BCUT2D eigenvalue weighted by Gasteiger charge is 2.31. The summed E-state index contributed by atoms with van der Waals surface area (Å²) in [5.74, 6) is -0.149. The van der Waals surface area contributed by atoms with E-state index in [0.29, 0.717) is 16.5 Å². The monoisotopic (exact) mass is 279 g/mol. The van der Waals surface area contributed by atoms with Crippen molar-refractivity contribution in [3.05, 3.63) is 23.8 Å². The largest absolute Gasteiger partial charge is 0.481 e. The van der Waals surface area contributed by atoms with Crippen molar-refractivity contribution < 1.29 is 24.2 Å². The predicted molar refractivity (Wildman–Crippen MR) is 67.7 cm³/mol. The Kier molecular flexibility index (Phi) is 2.90. The molecule has 0 unspecified atom stereocenters. The fraction of sp³-hybridized carbons (Fsp3) is 0.250. The number of hydrogen-bond donors (Lipinski definition) is 1. The summed E-state index contributed by atoms with van der Waals surface area (Å²) in [5.41, 5.74) is 0.732. The number of rotatable bonds is 3. The summed E-state index contributed by atoms with van der Waals surface area (Å²) >= 11 is 1.17. The lowest BCUT2D eigenvalue weighted by molar-refractivity contribution is -0.138. The van der Waals surface area contributed by atoms with Gasteiger partial charge in [0.25, 0.3) is 5.91 Å². The van der Waals surface area contributed by atoms with Gasteiger partial charge in [-0.15, -0.1) is 0 Å². The van der Waals surface area contributed by atoms with Gasteiger partial charge in [-0.2, -0.15) is 0 Å². The van der Waals surface area contributed by atoms with Crippen LogP contribution in [0, 0.1) is 0 Å². The van der Waals surface area contributed by atoms with Crippen molar-refractivity contribution in [3.8, 4) is 11.5 Å². The molecule has 2 heterocycles. The van der Waals surface area contributed by atoms with E-state index in [4.69, 9.17) is 14.6 Å². The van der Waals surface area contributed by atoms with E-state index in [1.165, 1.54) is 11.8 Å². The zero-order valence-electron chi connectivity index (χ0n) is 9.66. The first-order valence-corrected chi connectivity index (χ1v) is 6.42. The first-order valence-electron chi connectivity index (χ1n) is 5.54. The number of nitrogens with zero attached hydrogens (tertiary/aromatic N) is 1. The molecule has 0 saturated heterocycles. The van der Waals surface area contributed by atoms with E-state index in [1.807, 2.05) is 0 Å². The number of benzene rings is 1. The summed E-state index contributed by atoms with van der Waals surface area (Å²) in [6.45, 7) is 0.180. The average Bonchev–Trinajstić information content (AvgIpc) is 2.95. The summed E-state index contributed by atoms with van der Waals surface area (Å²) in [6, 6.07) is 5.26. The van der Waals surface area contributed by atoms with Gasteiger partial charge >= 0.3 is 5.97 Å². The maximum atomic E-state index is 11.6. The van der Waals surface area contributed by atoms with Crippen LogP contribution in [0.4, 0.5) is 0 Å². The first kappa shape index (κ1) is 12.0. The van der Waals surface area contributed by atoms with Crippen molar-refractivity contribution in [3.63, 3.8) is 0 Å². The Morgan fingerprint density at radius 2 is 2.21 bits per heavy atom. The summed E-state index contributed by atoms with van der Waals surface area (Å²) in [5, 5.41) is 8.60. The third-order valence-electron chi connectivity index (χ3n) is 2.72. The smallest absolute Gasteiger partial charge is 0.305 e. The molecule has 1 aromatic carbocycles. The van der Waals surface area contributed by atoms with Crippen LogP contribution >= 0.6 is 11.8 Å². The Labute approximate surface area is 112 Å². The van der Waals surface area contributed by atoms with Crippen LogP contribution in [0.2, 0.25) is 0 Å². The second-order valence-corrected chi connectivity index (χ2v) is 5.22. The molecule has 1 amide bonds. The van der Waals surface area contributed by atoms with Crippen LogP contribution < -0.4 is 9.47 Å². The van der Waals surface area contributed by atoms with Crippen LogP contribution in [0.5, 0.6) is 11.5 Å². The van der Waals surface area contributed by atoms with Crippen molar-refractivity contribution in [2.24, 2.45) is 4.99 Å². The minimum Gasteiger partial charge on any atom is -0.481 e. The number of fused-ring (bicyclic) bond motifs is 1. The van der Waals surface area contributed by atoms with E-state index in [0.717, 1.165) is 5.56 Å². The fourth-order valence-electron chi connectivity index (χ4n) is 1.83. The molecule has 0 saturated carbocycles. The zero-order chi connectivity index (χ0) is 13.4. The second kappa shape index (κ2) is 4.58. The molecule has 0 aromatic heterocycles. The summed E-state index contributed by atoms with van der Waals surface area (Å²) in [4.78, 5) is 26.1. The number of hydrogen-bond acceptors (Lipinski definition) is 5. The molecule has 0 radical (unpaired) electrons. The number of ether oxygens (including phenoxy) is 2. The van der Waals surface area contributed by atoms with Gasteiger partial charge in [-0.3, -0.25) is 9.59 Å². The molecule has 98 valence electrons. The molecule has 2 aliphatic heterocycles. The molecule has 1 atom stereocenters. The molecule has 19 heavy (non-hydrogen) atoms. The predicted octanol–water partition coefficient (Wildman–Crippen LogP) is 1.28. The van der Waals surface area contributed by atoms with Crippen LogP contribution in [-0.4, -0.2) is 34.1 Å². The maximum Gasteiger partial charge on any atom is 0.305 e. The Bertz CT molecular complexity index is 598. The van der Waals surface area contributed by atoms with Crippen molar-refractivity contribution in [1.82, 2.24) is 0 Å². The Balaban J connectivity index is 1.82. The van der Waals surface area contributed by atoms with Crippen molar-refractivity contribution >= 4 is 28.7 Å². The lowest BCUT2D eigenvalue weighted by Gasteiger charge is -2.04.